The summed E-state index contributed by atoms with van der Waals surface area (Å²) in [5.41, 5.74) is 3.30. The highest BCUT2D eigenvalue weighted by molar-refractivity contribution is 5.68. The molecule has 1 unspecified atom stereocenters. The minimum atomic E-state index is -0.940. The van der Waals surface area contributed by atoms with Gasteiger partial charge in [0, 0.05) is 0 Å². The van der Waals surface area contributed by atoms with Crippen LogP contribution in [0.3, 0.4) is 0 Å². The van der Waals surface area contributed by atoms with Gasteiger partial charge < -0.3 is 14.6 Å². The molecule has 5 heteroatoms. The van der Waals surface area contributed by atoms with Crippen molar-refractivity contribution in [2.75, 3.05) is 6.61 Å². The lowest BCUT2D eigenvalue weighted by atomic mass is 9.89. The molecule has 2 aromatic carbocycles. The Morgan fingerprint density at radius 1 is 1.17 bits per heavy atom. The maximum absolute atomic E-state index is 12.9. The number of hydrogen-bond donors (Lipinski definition) is 1. The molecule has 1 N–H and O–H groups in total. The Hall–Kier alpha value is -2.40. The van der Waals surface area contributed by atoms with Gasteiger partial charge in [0.15, 0.2) is 0 Å². The van der Waals surface area contributed by atoms with E-state index in [-0.39, 0.29) is 18.5 Å². The lowest BCUT2D eigenvalue weighted by Crippen LogP contribution is -2.25. The summed E-state index contributed by atoms with van der Waals surface area (Å²) in [6.07, 6.45) is 2.33. The van der Waals surface area contributed by atoms with Crippen LogP contribution in [0.4, 0.5) is 4.39 Å². The van der Waals surface area contributed by atoms with E-state index in [1.165, 1.54) is 23.3 Å². The van der Waals surface area contributed by atoms with Gasteiger partial charge in [0.1, 0.15) is 24.8 Å². The van der Waals surface area contributed by atoms with Gasteiger partial charge in [-0.25, -0.2) is 9.18 Å². The maximum atomic E-state index is 12.9. The van der Waals surface area contributed by atoms with Gasteiger partial charge in [-0.2, -0.15) is 0 Å². The molecule has 0 amide bonds. The summed E-state index contributed by atoms with van der Waals surface area (Å²) < 4.78 is 24.0. The molecule has 3 rings (SSSR count). The van der Waals surface area contributed by atoms with E-state index >= 15 is 0 Å². The fraction of sp³-hybridized carbons (Fsp3) is 0.316. The molecule has 4 nitrogen and oxygen atoms in total. The second-order valence-corrected chi connectivity index (χ2v) is 5.92. The van der Waals surface area contributed by atoms with Crippen molar-refractivity contribution in [1.82, 2.24) is 0 Å². The minimum absolute atomic E-state index is 0.0421. The smallest absolute Gasteiger partial charge is 0.329 e. The molecule has 0 saturated heterocycles. The van der Waals surface area contributed by atoms with Gasteiger partial charge in [0.2, 0.25) is 0 Å². The largest absolute Gasteiger partial charge is 0.489 e. The van der Waals surface area contributed by atoms with Crippen molar-refractivity contribution in [3.05, 3.63) is 65.0 Å². The van der Waals surface area contributed by atoms with Gasteiger partial charge in [0.05, 0.1) is 6.10 Å². The summed E-state index contributed by atoms with van der Waals surface area (Å²) in [6, 6.07) is 12.2. The predicted molar refractivity (Wildman–Crippen MR) is 86.6 cm³/mol. The van der Waals surface area contributed by atoms with Crippen LogP contribution >= 0.6 is 0 Å². The number of aliphatic carboxylic acids is 1. The van der Waals surface area contributed by atoms with Crippen LogP contribution in [-0.2, 0) is 29.0 Å². The number of fused-ring (bicyclic) bond motifs is 1. The molecule has 0 spiro atoms. The monoisotopic (exact) mass is 330 g/mol. The fourth-order valence-electron chi connectivity index (χ4n) is 2.87. The first kappa shape index (κ1) is 16.5. The fourth-order valence-corrected chi connectivity index (χ4v) is 2.87. The average molecular weight is 330 g/mol. The number of carboxylic acids is 1. The Morgan fingerprint density at radius 2 is 1.96 bits per heavy atom. The molecular formula is C19H19FO4. The van der Waals surface area contributed by atoms with Crippen molar-refractivity contribution in [3.8, 4) is 5.75 Å². The first-order valence-electron chi connectivity index (χ1n) is 7.92. The first-order valence-corrected chi connectivity index (χ1v) is 7.92. The number of rotatable bonds is 6. The third-order valence-corrected chi connectivity index (χ3v) is 4.12. The van der Waals surface area contributed by atoms with Crippen molar-refractivity contribution in [3.63, 3.8) is 0 Å². The van der Waals surface area contributed by atoms with E-state index in [0.29, 0.717) is 6.61 Å². The third kappa shape index (κ3) is 4.32. The van der Waals surface area contributed by atoms with E-state index in [0.717, 1.165) is 30.6 Å². The molecule has 126 valence electrons. The average Bonchev–Trinajstić information content (AvgIpc) is 2.59. The van der Waals surface area contributed by atoms with Gasteiger partial charge in [-0.1, -0.05) is 18.2 Å². The normalized spacial score (nSPS) is 16.5. The van der Waals surface area contributed by atoms with Crippen LogP contribution in [0.5, 0.6) is 5.75 Å². The number of halogens is 1. The lowest BCUT2D eigenvalue weighted by molar-refractivity contribution is -0.144. The quantitative estimate of drug-likeness (QED) is 0.882. The van der Waals surface area contributed by atoms with E-state index in [1.54, 1.807) is 12.1 Å². The van der Waals surface area contributed by atoms with Crippen LogP contribution in [0.25, 0.3) is 0 Å². The molecule has 0 heterocycles. The van der Waals surface area contributed by atoms with E-state index in [2.05, 4.69) is 0 Å². The highest BCUT2D eigenvalue weighted by Gasteiger charge is 2.20. The number of carbonyl (C=O) groups is 1. The van der Waals surface area contributed by atoms with Crippen LogP contribution in [0.15, 0.2) is 42.5 Å². The molecule has 0 radical (unpaired) electrons. The molecule has 1 aliphatic rings. The number of ether oxygens (including phenoxy) is 2. The summed E-state index contributed by atoms with van der Waals surface area (Å²) in [6.45, 7) is 0.141. The van der Waals surface area contributed by atoms with Gasteiger partial charge in [0.25, 0.3) is 0 Å². The maximum Gasteiger partial charge on any atom is 0.329 e. The number of aryl methyl sites for hydroxylation is 1. The number of benzene rings is 2. The number of hydrogen-bond acceptors (Lipinski definition) is 3. The lowest BCUT2D eigenvalue weighted by Gasteiger charge is -2.24. The van der Waals surface area contributed by atoms with E-state index in [9.17, 15) is 9.18 Å². The van der Waals surface area contributed by atoms with Gasteiger partial charge in [-0.3, -0.25) is 0 Å². The molecule has 0 aromatic heterocycles. The Labute approximate surface area is 139 Å². The molecular weight excluding hydrogens is 311 g/mol. The summed E-state index contributed by atoms with van der Waals surface area (Å²) >= 11 is 0. The Morgan fingerprint density at radius 3 is 2.71 bits per heavy atom. The van der Waals surface area contributed by atoms with Crippen LogP contribution in [0.2, 0.25) is 0 Å². The molecule has 0 bridgehead atoms. The second-order valence-electron chi connectivity index (χ2n) is 5.92. The number of carboxylic acid groups (broad SMARTS) is 1. The van der Waals surface area contributed by atoms with Gasteiger partial charge >= 0.3 is 5.97 Å². The van der Waals surface area contributed by atoms with Crippen LogP contribution in [0.1, 0.15) is 23.1 Å². The highest BCUT2D eigenvalue weighted by Crippen LogP contribution is 2.27. The van der Waals surface area contributed by atoms with Crippen molar-refractivity contribution in [1.29, 1.82) is 0 Å². The second kappa shape index (κ2) is 7.45. The van der Waals surface area contributed by atoms with E-state index in [1.807, 2.05) is 18.2 Å². The topological polar surface area (TPSA) is 55.8 Å². The highest BCUT2D eigenvalue weighted by atomic mass is 19.1. The summed E-state index contributed by atoms with van der Waals surface area (Å²) in [4.78, 5) is 10.6. The predicted octanol–water partition coefficient (Wildman–Crippen LogP) is 3.36. The standard InChI is InChI=1S/C19H19FO4/c20-16-5-1-13(2-6-16)11-23-17-7-3-15-10-18(24-12-19(21)22)8-4-14(15)9-17/h1-3,5-7,9,18H,4,8,10-12H2,(H,21,22). The van der Waals surface area contributed by atoms with Crippen molar-refractivity contribution in [2.45, 2.75) is 32.0 Å². The zero-order valence-corrected chi connectivity index (χ0v) is 13.2. The first-order chi connectivity index (χ1) is 11.6. The summed E-state index contributed by atoms with van der Waals surface area (Å²) in [7, 11) is 0. The SMILES string of the molecule is O=C(O)COC1CCc2cc(OCc3ccc(F)cc3)ccc2C1. The van der Waals surface area contributed by atoms with Crippen LogP contribution in [-0.4, -0.2) is 23.8 Å². The molecule has 24 heavy (non-hydrogen) atoms. The van der Waals surface area contributed by atoms with Crippen LogP contribution in [0, 0.1) is 5.82 Å². The van der Waals surface area contributed by atoms with Crippen molar-refractivity contribution in [2.24, 2.45) is 0 Å². The van der Waals surface area contributed by atoms with E-state index < -0.39 is 5.97 Å². The van der Waals surface area contributed by atoms with Gasteiger partial charge in [-0.15, -0.1) is 0 Å². The minimum Gasteiger partial charge on any atom is -0.489 e. The summed E-state index contributed by atoms with van der Waals surface area (Å²) in [5.74, 6) is -0.416. The third-order valence-electron chi connectivity index (χ3n) is 4.12. The van der Waals surface area contributed by atoms with E-state index in [4.69, 9.17) is 14.6 Å². The Balaban J connectivity index is 1.58. The summed E-state index contributed by atoms with van der Waals surface area (Å²) in [5, 5.41) is 8.68. The van der Waals surface area contributed by atoms with Crippen molar-refractivity contribution >= 4 is 5.97 Å². The van der Waals surface area contributed by atoms with Crippen molar-refractivity contribution < 1.29 is 23.8 Å². The zero-order valence-electron chi connectivity index (χ0n) is 13.2. The molecule has 0 fully saturated rings. The molecule has 2 aromatic rings. The zero-order chi connectivity index (χ0) is 16.9. The van der Waals surface area contributed by atoms with Crippen LogP contribution < -0.4 is 4.74 Å². The molecule has 0 saturated carbocycles. The Kier molecular flexibility index (Phi) is 5.11. The molecule has 0 aliphatic heterocycles. The molecule has 1 atom stereocenters. The Bertz CT molecular complexity index is 712. The van der Waals surface area contributed by atoms with Gasteiger partial charge in [-0.05, 0) is 60.2 Å². The molecule has 1 aliphatic carbocycles.